The summed E-state index contributed by atoms with van der Waals surface area (Å²) in [6.07, 6.45) is -5.11. The lowest BCUT2D eigenvalue weighted by Gasteiger charge is -2.15. The molecule has 1 atom stereocenters. The second-order valence-corrected chi connectivity index (χ2v) is 3.15. The van der Waals surface area contributed by atoms with E-state index in [4.69, 9.17) is 5.11 Å². The van der Waals surface area contributed by atoms with Crippen LogP contribution in [0.25, 0.3) is 0 Å². The summed E-state index contributed by atoms with van der Waals surface area (Å²) in [5, 5.41) is 10.2. The fourth-order valence-electron chi connectivity index (χ4n) is 1.15. The number of hydrogen-bond donors (Lipinski definition) is 2. The van der Waals surface area contributed by atoms with Crippen LogP contribution >= 0.6 is 0 Å². The van der Waals surface area contributed by atoms with Crippen LogP contribution in [0.4, 0.5) is 13.2 Å². The van der Waals surface area contributed by atoms with E-state index in [0.717, 1.165) is 0 Å². The maximum atomic E-state index is 12.0. The van der Waals surface area contributed by atoms with Gasteiger partial charge in [0.05, 0.1) is 0 Å². The van der Waals surface area contributed by atoms with Gasteiger partial charge in [0, 0.05) is 0 Å². The second-order valence-electron chi connectivity index (χ2n) is 3.15. The summed E-state index contributed by atoms with van der Waals surface area (Å²) in [5.74, 6) is -3.84. The van der Waals surface area contributed by atoms with E-state index >= 15 is 0 Å². The quantitative estimate of drug-likeness (QED) is 0.850. The number of carbonyl (C=O) groups excluding carboxylic acids is 1. The van der Waals surface area contributed by atoms with Gasteiger partial charge in [-0.3, -0.25) is 4.79 Å². The molecule has 0 aromatic heterocycles. The molecule has 1 unspecified atom stereocenters. The van der Waals surface area contributed by atoms with Crippen molar-refractivity contribution in [3.05, 3.63) is 35.9 Å². The lowest BCUT2D eigenvalue weighted by atomic mass is 10.1. The molecule has 1 aromatic rings. The van der Waals surface area contributed by atoms with E-state index in [1.807, 2.05) is 0 Å². The molecule has 1 amide bonds. The summed E-state index contributed by atoms with van der Waals surface area (Å²) < 4.78 is 36.0. The number of carboxylic acid groups (broad SMARTS) is 1. The summed E-state index contributed by atoms with van der Waals surface area (Å²) in [5.41, 5.74) is 0.0672. The molecule has 92 valence electrons. The highest BCUT2D eigenvalue weighted by Gasteiger charge is 2.41. The Labute approximate surface area is 94.1 Å². The highest BCUT2D eigenvalue weighted by atomic mass is 19.4. The maximum Gasteiger partial charge on any atom is 0.471 e. The molecular formula is C10H8F3NO3. The van der Waals surface area contributed by atoms with Crippen molar-refractivity contribution in [1.82, 2.24) is 5.32 Å². The third kappa shape index (κ3) is 3.47. The molecule has 1 rings (SSSR count). The lowest BCUT2D eigenvalue weighted by Crippen LogP contribution is -2.41. The van der Waals surface area contributed by atoms with E-state index < -0.39 is 24.1 Å². The first kappa shape index (κ1) is 13.0. The first-order valence-corrected chi connectivity index (χ1v) is 4.48. The van der Waals surface area contributed by atoms with Gasteiger partial charge in [-0.2, -0.15) is 13.2 Å². The number of nitrogens with one attached hydrogen (secondary N) is 1. The Kier molecular flexibility index (Phi) is 3.72. The number of aliphatic carboxylic acids is 1. The zero-order valence-electron chi connectivity index (χ0n) is 8.36. The van der Waals surface area contributed by atoms with Crippen molar-refractivity contribution in [2.75, 3.05) is 0 Å². The highest BCUT2D eigenvalue weighted by molar-refractivity contribution is 5.87. The van der Waals surface area contributed by atoms with Crippen molar-refractivity contribution in [3.8, 4) is 0 Å². The van der Waals surface area contributed by atoms with Crippen molar-refractivity contribution in [2.45, 2.75) is 12.2 Å². The van der Waals surface area contributed by atoms with Gasteiger partial charge in [0.15, 0.2) is 6.04 Å². The van der Waals surface area contributed by atoms with Gasteiger partial charge in [0.25, 0.3) is 0 Å². The summed E-state index contributed by atoms with van der Waals surface area (Å²) >= 11 is 0. The smallest absolute Gasteiger partial charge is 0.471 e. The molecule has 4 nitrogen and oxygen atoms in total. The number of alkyl halides is 3. The van der Waals surface area contributed by atoms with Gasteiger partial charge in [0.1, 0.15) is 0 Å². The number of amides is 1. The Morgan fingerprint density at radius 3 is 2.12 bits per heavy atom. The van der Waals surface area contributed by atoms with Crippen LogP contribution in [0.3, 0.4) is 0 Å². The molecule has 0 spiro atoms. The van der Waals surface area contributed by atoms with E-state index in [1.54, 1.807) is 6.07 Å². The molecule has 0 aliphatic heterocycles. The molecule has 0 aliphatic rings. The maximum absolute atomic E-state index is 12.0. The van der Waals surface area contributed by atoms with Crippen LogP contribution in [-0.4, -0.2) is 23.2 Å². The minimum absolute atomic E-state index is 0.0672. The fourth-order valence-corrected chi connectivity index (χ4v) is 1.15. The molecular weight excluding hydrogens is 239 g/mol. The van der Waals surface area contributed by atoms with Crippen LogP contribution in [0, 0.1) is 0 Å². The van der Waals surface area contributed by atoms with Gasteiger partial charge >= 0.3 is 18.1 Å². The van der Waals surface area contributed by atoms with Crippen LogP contribution in [0.1, 0.15) is 11.6 Å². The van der Waals surface area contributed by atoms with E-state index in [-0.39, 0.29) is 5.56 Å². The number of halogens is 3. The Morgan fingerprint density at radius 2 is 1.71 bits per heavy atom. The van der Waals surface area contributed by atoms with Crippen molar-refractivity contribution < 1.29 is 27.9 Å². The molecule has 7 heteroatoms. The van der Waals surface area contributed by atoms with Crippen LogP contribution in [0.2, 0.25) is 0 Å². The number of carbonyl (C=O) groups is 2. The van der Waals surface area contributed by atoms with Crippen molar-refractivity contribution in [3.63, 3.8) is 0 Å². The average Bonchev–Trinajstić information content (AvgIpc) is 2.25. The molecule has 0 aliphatic carbocycles. The summed E-state index contributed by atoms with van der Waals surface area (Å²) in [6, 6.07) is 5.42. The zero-order chi connectivity index (χ0) is 13.1. The van der Waals surface area contributed by atoms with Crippen LogP contribution in [0.15, 0.2) is 30.3 Å². The number of benzene rings is 1. The van der Waals surface area contributed by atoms with E-state index in [1.165, 1.54) is 29.6 Å². The first-order valence-electron chi connectivity index (χ1n) is 4.48. The number of carboxylic acids is 1. The molecule has 0 saturated heterocycles. The first-order chi connectivity index (χ1) is 7.82. The minimum atomic E-state index is -5.11. The van der Waals surface area contributed by atoms with Crippen molar-refractivity contribution in [1.29, 1.82) is 0 Å². The van der Waals surface area contributed by atoms with E-state index in [9.17, 15) is 22.8 Å². The van der Waals surface area contributed by atoms with Gasteiger partial charge in [-0.05, 0) is 5.56 Å². The number of rotatable bonds is 3. The molecule has 0 bridgehead atoms. The summed E-state index contributed by atoms with van der Waals surface area (Å²) in [7, 11) is 0. The Hall–Kier alpha value is -2.05. The van der Waals surface area contributed by atoms with Gasteiger partial charge in [-0.1, -0.05) is 30.3 Å². The predicted molar refractivity (Wildman–Crippen MR) is 51.0 cm³/mol. The molecule has 1 aromatic carbocycles. The molecule has 0 heterocycles. The summed E-state index contributed by atoms with van der Waals surface area (Å²) in [6.45, 7) is 0. The van der Waals surface area contributed by atoms with Crippen molar-refractivity contribution >= 4 is 11.9 Å². The topological polar surface area (TPSA) is 66.4 Å². The third-order valence-electron chi connectivity index (χ3n) is 1.91. The molecule has 0 fully saturated rings. The van der Waals surface area contributed by atoms with Crippen LogP contribution < -0.4 is 5.32 Å². The van der Waals surface area contributed by atoms with Gasteiger partial charge in [-0.25, -0.2) is 4.79 Å². The van der Waals surface area contributed by atoms with Crippen molar-refractivity contribution in [2.24, 2.45) is 0 Å². The largest absolute Gasteiger partial charge is 0.479 e. The molecule has 17 heavy (non-hydrogen) atoms. The monoisotopic (exact) mass is 247 g/mol. The number of hydrogen-bond acceptors (Lipinski definition) is 2. The van der Waals surface area contributed by atoms with Gasteiger partial charge < -0.3 is 10.4 Å². The Morgan fingerprint density at radius 1 is 1.18 bits per heavy atom. The fraction of sp³-hybridized carbons (Fsp3) is 0.200. The molecule has 2 N–H and O–H groups in total. The zero-order valence-corrected chi connectivity index (χ0v) is 8.36. The van der Waals surface area contributed by atoms with E-state index in [0.29, 0.717) is 0 Å². The van der Waals surface area contributed by atoms with Gasteiger partial charge in [-0.15, -0.1) is 0 Å². The normalized spacial score (nSPS) is 12.9. The standard InChI is InChI=1S/C10H8F3NO3/c11-10(12,13)9(17)14-7(8(15)16)6-4-2-1-3-5-6/h1-5,7H,(H,14,17)(H,15,16). The predicted octanol–water partition coefficient (Wildman–Crippen LogP) is 1.49. The van der Waals surface area contributed by atoms with Crippen LogP contribution in [-0.2, 0) is 9.59 Å². The SMILES string of the molecule is O=C(O)C(NC(=O)C(F)(F)F)c1ccccc1. The second kappa shape index (κ2) is 4.86. The minimum Gasteiger partial charge on any atom is -0.479 e. The highest BCUT2D eigenvalue weighted by Crippen LogP contribution is 2.18. The molecule has 0 saturated carbocycles. The molecule has 0 radical (unpaired) electrons. The van der Waals surface area contributed by atoms with E-state index in [2.05, 4.69) is 0 Å². The van der Waals surface area contributed by atoms with Crippen LogP contribution in [0.5, 0.6) is 0 Å². The third-order valence-corrected chi connectivity index (χ3v) is 1.91. The summed E-state index contributed by atoms with van der Waals surface area (Å²) in [4.78, 5) is 21.4. The van der Waals surface area contributed by atoms with Gasteiger partial charge in [0.2, 0.25) is 0 Å². The lowest BCUT2D eigenvalue weighted by molar-refractivity contribution is -0.175. The Balaban J connectivity index is 2.90. The average molecular weight is 247 g/mol. The Bertz CT molecular complexity index is 417.